The van der Waals surface area contributed by atoms with Crippen LogP contribution in [-0.2, 0) is 6.61 Å². The van der Waals surface area contributed by atoms with Crippen LogP contribution in [0, 0.1) is 11.6 Å². The molecule has 0 amide bonds. The topological polar surface area (TPSA) is 35.2 Å². The van der Waals surface area contributed by atoms with E-state index in [0.29, 0.717) is 10.6 Å². The standard InChI is InChI=1S/C14H9BrClF2NOS/c15-10-3-4-11(17)9(13(10)18)6-20-12-5-7(16)1-2-8(12)14(19)21/h1-5H,6H2,(H2,19,21). The maximum atomic E-state index is 13.9. The molecule has 2 aromatic rings. The van der Waals surface area contributed by atoms with Crippen LogP contribution in [0.15, 0.2) is 34.8 Å². The molecule has 2 rings (SSSR count). The Morgan fingerprint density at radius 3 is 2.67 bits per heavy atom. The first-order valence-electron chi connectivity index (χ1n) is 5.74. The molecule has 2 nitrogen and oxygen atoms in total. The molecule has 0 radical (unpaired) electrons. The molecule has 0 aromatic heterocycles. The molecular formula is C14H9BrClF2NOS. The number of rotatable bonds is 4. The Hall–Kier alpha value is -1.24. The highest BCUT2D eigenvalue weighted by Gasteiger charge is 2.14. The van der Waals surface area contributed by atoms with E-state index < -0.39 is 11.6 Å². The van der Waals surface area contributed by atoms with Crippen molar-refractivity contribution in [3.05, 3.63) is 62.6 Å². The molecule has 0 fully saturated rings. The third-order valence-corrected chi connectivity index (χ3v) is 3.79. The van der Waals surface area contributed by atoms with Gasteiger partial charge in [-0.15, -0.1) is 0 Å². The lowest BCUT2D eigenvalue weighted by molar-refractivity contribution is 0.292. The molecule has 0 bridgehead atoms. The molecule has 21 heavy (non-hydrogen) atoms. The van der Waals surface area contributed by atoms with Gasteiger partial charge in [-0.25, -0.2) is 8.78 Å². The zero-order valence-electron chi connectivity index (χ0n) is 10.5. The second-order valence-corrected chi connectivity index (χ2v) is 5.85. The summed E-state index contributed by atoms with van der Waals surface area (Å²) in [6.07, 6.45) is 0. The van der Waals surface area contributed by atoms with Gasteiger partial charge in [0, 0.05) is 5.02 Å². The predicted octanol–water partition coefficient (Wildman–Crippen LogP) is 4.59. The molecule has 0 saturated carbocycles. The van der Waals surface area contributed by atoms with Gasteiger partial charge in [-0.3, -0.25) is 0 Å². The lowest BCUT2D eigenvalue weighted by Crippen LogP contribution is -2.12. The third kappa shape index (κ3) is 3.70. The van der Waals surface area contributed by atoms with Crippen LogP contribution in [0.5, 0.6) is 5.75 Å². The van der Waals surface area contributed by atoms with Crippen molar-refractivity contribution < 1.29 is 13.5 Å². The van der Waals surface area contributed by atoms with Crippen LogP contribution in [0.3, 0.4) is 0 Å². The second kappa shape index (κ2) is 6.68. The SMILES string of the molecule is NC(=S)c1ccc(Cl)cc1OCc1c(F)ccc(Br)c1F. The van der Waals surface area contributed by atoms with Crippen molar-refractivity contribution in [2.45, 2.75) is 6.61 Å². The van der Waals surface area contributed by atoms with Gasteiger partial charge in [-0.1, -0.05) is 23.8 Å². The molecule has 0 heterocycles. The summed E-state index contributed by atoms with van der Waals surface area (Å²) in [5.74, 6) is -1.14. The van der Waals surface area contributed by atoms with Crippen molar-refractivity contribution >= 4 is 44.7 Å². The number of thiocarbonyl (C=S) groups is 1. The molecule has 0 saturated heterocycles. The normalized spacial score (nSPS) is 10.5. The van der Waals surface area contributed by atoms with Crippen LogP contribution in [0.1, 0.15) is 11.1 Å². The summed E-state index contributed by atoms with van der Waals surface area (Å²) in [4.78, 5) is 0.108. The summed E-state index contributed by atoms with van der Waals surface area (Å²) in [6, 6.07) is 7.12. The van der Waals surface area contributed by atoms with Gasteiger partial charge in [0.05, 0.1) is 15.6 Å². The molecule has 0 spiro atoms. The van der Waals surface area contributed by atoms with E-state index >= 15 is 0 Å². The quantitative estimate of drug-likeness (QED) is 0.610. The summed E-state index contributed by atoms with van der Waals surface area (Å²) >= 11 is 13.8. The molecule has 2 aromatic carbocycles. The van der Waals surface area contributed by atoms with Gasteiger partial charge in [-0.05, 0) is 46.3 Å². The van der Waals surface area contributed by atoms with Crippen molar-refractivity contribution in [1.29, 1.82) is 0 Å². The number of hydrogen-bond acceptors (Lipinski definition) is 2. The molecule has 110 valence electrons. The highest BCUT2D eigenvalue weighted by Crippen LogP contribution is 2.27. The Bertz CT molecular complexity index is 712. The fraction of sp³-hybridized carbons (Fsp3) is 0.0714. The summed E-state index contributed by atoms with van der Waals surface area (Å²) in [6.45, 7) is -0.312. The van der Waals surface area contributed by atoms with E-state index in [1.807, 2.05) is 0 Å². The van der Waals surface area contributed by atoms with Gasteiger partial charge in [0.15, 0.2) is 0 Å². The zero-order valence-corrected chi connectivity index (χ0v) is 13.7. The summed E-state index contributed by atoms with van der Waals surface area (Å²) in [5.41, 5.74) is 5.82. The maximum Gasteiger partial charge on any atom is 0.146 e. The highest BCUT2D eigenvalue weighted by molar-refractivity contribution is 9.10. The van der Waals surface area contributed by atoms with Gasteiger partial charge in [0.25, 0.3) is 0 Å². The van der Waals surface area contributed by atoms with E-state index in [0.717, 1.165) is 6.07 Å². The van der Waals surface area contributed by atoms with Crippen LogP contribution in [-0.4, -0.2) is 4.99 Å². The number of nitrogens with two attached hydrogens (primary N) is 1. The Kier molecular flexibility index (Phi) is 5.13. The molecule has 7 heteroatoms. The van der Waals surface area contributed by atoms with E-state index in [1.165, 1.54) is 12.1 Å². The van der Waals surface area contributed by atoms with E-state index in [4.69, 9.17) is 34.3 Å². The number of benzene rings is 2. The first kappa shape index (κ1) is 16.1. The van der Waals surface area contributed by atoms with Gasteiger partial charge >= 0.3 is 0 Å². The van der Waals surface area contributed by atoms with Crippen molar-refractivity contribution in [2.75, 3.05) is 0 Å². The summed E-state index contributed by atoms with van der Waals surface area (Å²) in [7, 11) is 0. The molecule has 0 aliphatic heterocycles. The summed E-state index contributed by atoms with van der Waals surface area (Å²) in [5, 5.41) is 0.403. The smallest absolute Gasteiger partial charge is 0.146 e. The minimum Gasteiger partial charge on any atom is -0.488 e. The van der Waals surface area contributed by atoms with Crippen molar-refractivity contribution in [2.24, 2.45) is 5.73 Å². The van der Waals surface area contributed by atoms with E-state index in [1.54, 1.807) is 12.1 Å². The fourth-order valence-corrected chi connectivity index (χ4v) is 2.37. The van der Waals surface area contributed by atoms with Crippen molar-refractivity contribution in [3.8, 4) is 5.75 Å². The highest BCUT2D eigenvalue weighted by atomic mass is 79.9. The zero-order chi connectivity index (χ0) is 15.6. The molecule has 0 aliphatic rings. The van der Waals surface area contributed by atoms with Crippen LogP contribution >= 0.6 is 39.7 Å². The Morgan fingerprint density at radius 2 is 2.00 bits per heavy atom. The number of ether oxygens (including phenoxy) is 1. The van der Waals surface area contributed by atoms with Gasteiger partial charge in [-0.2, -0.15) is 0 Å². The minimum atomic E-state index is -0.714. The fourth-order valence-electron chi connectivity index (χ4n) is 1.67. The van der Waals surface area contributed by atoms with Crippen LogP contribution in [0.4, 0.5) is 8.78 Å². The number of halogens is 4. The van der Waals surface area contributed by atoms with Crippen LogP contribution < -0.4 is 10.5 Å². The second-order valence-electron chi connectivity index (χ2n) is 4.12. The third-order valence-electron chi connectivity index (χ3n) is 2.72. The van der Waals surface area contributed by atoms with Gasteiger partial charge in [0.2, 0.25) is 0 Å². The van der Waals surface area contributed by atoms with Gasteiger partial charge < -0.3 is 10.5 Å². The Morgan fingerprint density at radius 1 is 1.29 bits per heavy atom. The monoisotopic (exact) mass is 391 g/mol. The average molecular weight is 393 g/mol. The number of hydrogen-bond donors (Lipinski definition) is 1. The Labute approximate surface area is 139 Å². The lowest BCUT2D eigenvalue weighted by atomic mass is 10.2. The minimum absolute atomic E-state index is 0.108. The first-order valence-corrected chi connectivity index (χ1v) is 7.32. The molecule has 0 atom stereocenters. The van der Waals surface area contributed by atoms with Crippen molar-refractivity contribution in [3.63, 3.8) is 0 Å². The van der Waals surface area contributed by atoms with Crippen LogP contribution in [0.25, 0.3) is 0 Å². The predicted molar refractivity (Wildman–Crippen MR) is 85.7 cm³/mol. The van der Waals surface area contributed by atoms with Crippen molar-refractivity contribution in [1.82, 2.24) is 0 Å². The summed E-state index contributed by atoms with van der Waals surface area (Å²) < 4.78 is 33.1. The maximum absolute atomic E-state index is 13.9. The molecule has 0 aliphatic carbocycles. The van der Waals surface area contributed by atoms with E-state index in [2.05, 4.69) is 15.9 Å². The first-order chi connectivity index (χ1) is 9.90. The Balaban J connectivity index is 2.31. The molecule has 0 unspecified atom stereocenters. The largest absolute Gasteiger partial charge is 0.488 e. The lowest BCUT2D eigenvalue weighted by Gasteiger charge is -2.12. The van der Waals surface area contributed by atoms with Gasteiger partial charge in [0.1, 0.15) is 29.0 Å². The van der Waals surface area contributed by atoms with Crippen LogP contribution in [0.2, 0.25) is 5.02 Å². The molecular weight excluding hydrogens is 384 g/mol. The van der Waals surface area contributed by atoms with E-state index in [9.17, 15) is 8.78 Å². The van der Waals surface area contributed by atoms with E-state index in [-0.39, 0.29) is 27.4 Å². The average Bonchev–Trinajstić information content (AvgIpc) is 2.43. The molecule has 2 N–H and O–H groups in total.